The average Bonchev–Trinajstić information content (AvgIpc) is 3.19. The third-order valence-corrected chi connectivity index (χ3v) is 7.67. The van der Waals surface area contributed by atoms with E-state index in [0.29, 0.717) is 75.9 Å². The highest BCUT2D eigenvalue weighted by molar-refractivity contribution is 5.56. The van der Waals surface area contributed by atoms with Gasteiger partial charge in [-0.1, -0.05) is 60.7 Å². The molecule has 6 rings (SSSR count). The normalized spacial score (nSPS) is 11.2. The van der Waals surface area contributed by atoms with E-state index in [0.717, 1.165) is 22.5 Å². The second-order valence-corrected chi connectivity index (χ2v) is 11.9. The number of phenolic OH excluding ortho intramolecular Hbond substituents is 2. The van der Waals surface area contributed by atoms with Crippen molar-refractivity contribution in [2.24, 2.45) is 20.5 Å². The lowest BCUT2D eigenvalue weighted by atomic mass is 10.1. The zero-order chi connectivity index (χ0) is 37.9. The monoisotopic (exact) mass is 739 g/mol. The molecule has 0 saturated carbocycles. The number of rotatable bonds is 20. The summed E-state index contributed by atoms with van der Waals surface area (Å²) in [5.74, 6) is 2.19. The van der Waals surface area contributed by atoms with Crippen molar-refractivity contribution in [1.82, 2.24) is 35.2 Å². The Balaban J connectivity index is 0.985. The average molecular weight is 740 g/mol. The summed E-state index contributed by atoms with van der Waals surface area (Å²) in [5.41, 5.74) is 3.78. The van der Waals surface area contributed by atoms with Crippen LogP contribution in [-0.4, -0.2) is 79.4 Å². The molecule has 0 aliphatic rings. The third-order valence-electron chi connectivity index (χ3n) is 7.67. The molecule has 17 heteroatoms. The van der Waals surface area contributed by atoms with Gasteiger partial charge in [0.1, 0.15) is 11.5 Å². The number of azo groups is 2. The molecule has 2 aromatic heterocycles. The zero-order valence-corrected chi connectivity index (χ0v) is 29.9. The number of hydrogen-bond donors (Lipinski definition) is 7. The molecule has 0 aliphatic heterocycles. The van der Waals surface area contributed by atoms with Crippen LogP contribution in [-0.2, 0) is 12.8 Å². The van der Waals surface area contributed by atoms with Crippen molar-refractivity contribution in [3.8, 4) is 11.5 Å². The quantitative estimate of drug-likeness (QED) is 0.0319. The lowest BCUT2D eigenvalue weighted by molar-refractivity contribution is 0.474. The molecule has 0 fully saturated rings. The Bertz CT molecular complexity index is 1970. The highest BCUT2D eigenvalue weighted by Crippen LogP contribution is 2.19. The van der Waals surface area contributed by atoms with Gasteiger partial charge in [-0.05, 0) is 72.5 Å². The van der Waals surface area contributed by atoms with Crippen molar-refractivity contribution in [1.29, 1.82) is 0 Å². The molecule has 2 heterocycles. The van der Waals surface area contributed by atoms with Crippen molar-refractivity contribution in [2.45, 2.75) is 12.8 Å². The molecule has 0 bridgehead atoms. The van der Waals surface area contributed by atoms with Crippen molar-refractivity contribution in [3.05, 3.63) is 120 Å². The molecule has 0 amide bonds. The molecule has 0 unspecified atom stereocenters. The maximum Gasteiger partial charge on any atom is 0.275 e. The first kappa shape index (κ1) is 37.6. The van der Waals surface area contributed by atoms with Crippen LogP contribution in [0.4, 0.5) is 47.1 Å². The Morgan fingerprint density at radius 1 is 0.436 bits per heavy atom. The lowest BCUT2D eigenvalue weighted by Gasteiger charge is -2.09. The molecule has 17 nitrogen and oxygen atoms in total. The number of aromatic hydroxyl groups is 2. The van der Waals surface area contributed by atoms with Crippen molar-refractivity contribution in [2.75, 3.05) is 60.5 Å². The molecule has 0 aliphatic carbocycles. The molecule has 280 valence electrons. The second kappa shape index (κ2) is 20.2. The fourth-order valence-corrected chi connectivity index (χ4v) is 4.96. The Labute approximate surface area is 317 Å². The summed E-state index contributed by atoms with van der Waals surface area (Å²) in [6, 6.07) is 33.3. The molecule has 7 N–H and O–H groups in total. The standard InChI is InChI=1S/C38H41N15O2/c54-31-15-11-27(12-16-31)19-21-40-33-46-35(44-29-7-3-1-4-8-29)50-37(48-33)52-42-25-23-39-24-26-43-53-38-49-34(41-22-20-28-13-17-32(55)18-14-28)47-36(51-38)45-30-9-5-2-6-10-30/h1-18,39,54-55H,19-26H2,(H2,40,44,46,48,50)(H2,41,45,47,49,51). The molecular formula is C38H41N15O2. The van der Waals surface area contributed by atoms with Crippen LogP contribution in [0.2, 0.25) is 0 Å². The van der Waals surface area contributed by atoms with Gasteiger partial charge in [0.05, 0.1) is 13.1 Å². The van der Waals surface area contributed by atoms with Gasteiger partial charge in [0, 0.05) is 37.6 Å². The maximum atomic E-state index is 9.54. The minimum Gasteiger partial charge on any atom is -0.508 e. The smallest absolute Gasteiger partial charge is 0.275 e. The van der Waals surface area contributed by atoms with Gasteiger partial charge in [-0.3, -0.25) is 0 Å². The molecule has 0 spiro atoms. The minimum absolute atomic E-state index is 0.169. The first-order chi connectivity index (χ1) is 27.0. The Morgan fingerprint density at radius 2 is 0.836 bits per heavy atom. The van der Waals surface area contributed by atoms with Crippen LogP contribution >= 0.6 is 0 Å². The molecule has 6 aromatic rings. The summed E-state index contributed by atoms with van der Waals surface area (Å²) >= 11 is 0. The number of phenols is 2. The highest BCUT2D eigenvalue weighted by atomic mass is 16.3. The highest BCUT2D eigenvalue weighted by Gasteiger charge is 2.09. The topological polar surface area (TPSA) is 227 Å². The van der Waals surface area contributed by atoms with E-state index in [9.17, 15) is 10.2 Å². The van der Waals surface area contributed by atoms with Crippen molar-refractivity contribution in [3.63, 3.8) is 0 Å². The number of para-hydroxylation sites is 2. The van der Waals surface area contributed by atoms with Gasteiger partial charge in [-0.15, -0.1) is 10.2 Å². The van der Waals surface area contributed by atoms with Gasteiger partial charge in [-0.25, -0.2) is 0 Å². The molecular weight excluding hydrogens is 699 g/mol. The number of hydrogen-bond acceptors (Lipinski definition) is 17. The second-order valence-electron chi connectivity index (χ2n) is 11.9. The molecule has 4 aromatic carbocycles. The maximum absolute atomic E-state index is 9.54. The summed E-state index contributed by atoms with van der Waals surface area (Å²) in [6.45, 7) is 2.99. The number of anilines is 6. The zero-order valence-electron chi connectivity index (χ0n) is 29.9. The molecule has 0 saturated heterocycles. The van der Waals surface area contributed by atoms with Crippen LogP contribution in [0.25, 0.3) is 0 Å². The van der Waals surface area contributed by atoms with E-state index >= 15 is 0 Å². The van der Waals surface area contributed by atoms with Crippen LogP contribution in [0.15, 0.2) is 130 Å². The fourth-order valence-electron chi connectivity index (χ4n) is 4.96. The largest absolute Gasteiger partial charge is 0.508 e. The van der Waals surface area contributed by atoms with E-state index < -0.39 is 0 Å². The first-order valence-corrected chi connectivity index (χ1v) is 17.7. The van der Waals surface area contributed by atoms with Crippen LogP contribution < -0.4 is 26.6 Å². The van der Waals surface area contributed by atoms with E-state index in [-0.39, 0.29) is 23.4 Å². The summed E-state index contributed by atoms with van der Waals surface area (Å²) in [4.78, 5) is 26.7. The van der Waals surface area contributed by atoms with Gasteiger partial charge < -0.3 is 36.8 Å². The van der Waals surface area contributed by atoms with Crippen molar-refractivity contribution < 1.29 is 10.2 Å². The number of benzene rings is 4. The van der Waals surface area contributed by atoms with E-state index in [1.54, 1.807) is 24.3 Å². The summed E-state index contributed by atoms with van der Waals surface area (Å²) in [6.07, 6.45) is 1.41. The SMILES string of the molecule is Oc1ccc(CCNc2nc(N=NCCNCCN=Nc3nc(NCCc4ccc(O)cc4)nc(Nc4ccccc4)n3)nc(Nc3ccccc3)n2)cc1. The third kappa shape index (κ3) is 13.1. The van der Waals surface area contributed by atoms with Crippen LogP contribution in [0.1, 0.15) is 11.1 Å². The lowest BCUT2D eigenvalue weighted by Crippen LogP contribution is -2.20. The summed E-state index contributed by atoms with van der Waals surface area (Å²) in [5, 5.41) is 52.2. The number of nitrogens with zero attached hydrogens (tertiary/aromatic N) is 10. The Morgan fingerprint density at radius 3 is 1.25 bits per heavy atom. The number of nitrogens with one attached hydrogen (secondary N) is 5. The predicted molar refractivity (Wildman–Crippen MR) is 211 cm³/mol. The van der Waals surface area contributed by atoms with Crippen LogP contribution in [0.3, 0.4) is 0 Å². The van der Waals surface area contributed by atoms with E-state index in [4.69, 9.17) is 0 Å². The van der Waals surface area contributed by atoms with E-state index in [2.05, 4.69) is 76.9 Å². The van der Waals surface area contributed by atoms with Crippen LogP contribution in [0.5, 0.6) is 11.5 Å². The van der Waals surface area contributed by atoms with Gasteiger partial charge in [0.2, 0.25) is 23.8 Å². The van der Waals surface area contributed by atoms with E-state index in [1.165, 1.54) is 0 Å². The van der Waals surface area contributed by atoms with Gasteiger partial charge in [-0.2, -0.15) is 40.1 Å². The molecule has 0 radical (unpaired) electrons. The van der Waals surface area contributed by atoms with Crippen molar-refractivity contribution >= 4 is 47.1 Å². The van der Waals surface area contributed by atoms with Gasteiger partial charge >= 0.3 is 0 Å². The minimum atomic E-state index is 0.169. The fraction of sp³-hybridized carbons (Fsp3) is 0.211. The summed E-state index contributed by atoms with van der Waals surface area (Å²) in [7, 11) is 0. The Kier molecular flexibility index (Phi) is 13.8. The first-order valence-electron chi connectivity index (χ1n) is 17.7. The number of aromatic nitrogens is 6. The Hall–Kier alpha value is -7.14. The summed E-state index contributed by atoms with van der Waals surface area (Å²) < 4.78 is 0. The van der Waals surface area contributed by atoms with Gasteiger partial charge in [0.25, 0.3) is 11.9 Å². The van der Waals surface area contributed by atoms with E-state index in [1.807, 2.05) is 84.9 Å². The van der Waals surface area contributed by atoms with Crippen LogP contribution in [0, 0.1) is 0 Å². The molecule has 0 atom stereocenters. The predicted octanol–water partition coefficient (Wildman–Crippen LogP) is 6.72. The van der Waals surface area contributed by atoms with Gasteiger partial charge in [0.15, 0.2) is 0 Å². The molecule has 55 heavy (non-hydrogen) atoms.